The number of benzene rings is 1. The second-order valence-corrected chi connectivity index (χ2v) is 5.65. The third kappa shape index (κ3) is 2.59. The Balaban J connectivity index is 2.27. The highest BCUT2D eigenvalue weighted by Gasteiger charge is 2.39. The van der Waals surface area contributed by atoms with Gasteiger partial charge in [-0.1, -0.05) is 6.07 Å². The highest BCUT2D eigenvalue weighted by molar-refractivity contribution is 9.10. The summed E-state index contributed by atoms with van der Waals surface area (Å²) in [6.45, 7) is 1.50. The second kappa shape index (κ2) is 5.65. The predicted molar refractivity (Wildman–Crippen MR) is 70.6 cm³/mol. The first-order valence-electron chi connectivity index (χ1n) is 6.00. The molecule has 1 fully saturated rings. The zero-order chi connectivity index (χ0) is 13.2. The third-order valence-corrected chi connectivity index (χ3v) is 4.21. The molecule has 0 aromatic heterocycles. The number of rotatable bonds is 3. The van der Waals surface area contributed by atoms with E-state index in [2.05, 4.69) is 15.9 Å². The van der Waals surface area contributed by atoms with E-state index in [9.17, 15) is 9.50 Å². The molecule has 5 heteroatoms. The first kappa shape index (κ1) is 13.9. The van der Waals surface area contributed by atoms with Crippen molar-refractivity contribution in [3.8, 4) is 0 Å². The summed E-state index contributed by atoms with van der Waals surface area (Å²) in [5.74, 6) is -0.340. The molecule has 1 aromatic carbocycles. The van der Waals surface area contributed by atoms with Gasteiger partial charge in [-0.3, -0.25) is 0 Å². The van der Waals surface area contributed by atoms with Gasteiger partial charge in [0.2, 0.25) is 0 Å². The molecular formula is C13H17BrFNO2. The molecule has 2 unspecified atom stereocenters. The van der Waals surface area contributed by atoms with E-state index in [1.54, 1.807) is 12.1 Å². The summed E-state index contributed by atoms with van der Waals surface area (Å²) >= 11 is 3.13. The van der Waals surface area contributed by atoms with Crippen LogP contribution in [0.25, 0.3) is 0 Å². The Morgan fingerprint density at radius 1 is 1.56 bits per heavy atom. The summed E-state index contributed by atoms with van der Waals surface area (Å²) in [6, 6.07) is 4.54. The van der Waals surface area contributed by atoms with Gasteiger partial charge in [0.1, 0.15) is 5.82 Å². The minimum Gasteiger partial charge on any atom is -0.388 e. The van der Waals surface area contributed by atoms with Crippen LogP contribution in [0.1, 0.15) is 24.5 Å². The van der Waals surface area contributed by atoms with Crippen molar-refractivity contribution < 1.29 is 14.2 Å². The number of hydrogen-bond donors (Lipinski definition) is 2. The molecule has 0 aliphatic carbocycles. The summed E-state index contributed by atoms with van der Waals surface area (Å²) in [5.41, 5.74) is 6.02. The first-order chi connectivity index (χ1) is 8.59. The van der Waals surface area contributed by atoms with Gasteiger partial charge in [0.25, 0.3) is 0 Å². The highest BCUT2D eigenvalue weighted by Crippen LogP contribution is 2.40. The van der Waals surface area contributed by atoms with E-state index in [1.165, 1.54) is 6.07 Å². The van der Waals surface area contributed by atoms with Gasteiger partial charge in [0.15, 0.2) is 0 Å². The third-order valence-electron chi connectivity index (χ3n) is 3.60. The van der Waals surface area contributed by atoms with Gasteiger partial charge in [0, 0.05) is 18.6 Å². The quantitative estimate of drug-likeness (QED) is 0.900. The second-order valence-electron chi connectivity index (χ2n) is 4.80. The molecule has 0 saturated carbocycles. The van der Waals surface area contributed by atoms with Crippen LogP contribution in [0, 0.1) is 11.2 Å². The summed E-state index contributed by atoms with van der Waals surface area (Å²) in [7, 11) is 0. The van der Waals surface area contributed by atoms with Crippen LogP contribution in [0.4, 0.5) is 4.39 Å². The molecular weight excluding hydrogens is 301 g/mol. The largest absolute Gasteiger partial charge is 0.388 e. The Kier molecular flexibility index (Phi) is 4.37. The Morgan fingerprint density at radius 2 is 2.33 bits per heavy atom. The van der Waals surface area contributed by atoms with E-state index in [4.69, 9.17) is 10.5 Å². The fraction of sp³-hybridized carbons (Fsp3) is 0.538. The van der Waals surface area contributed by atoms with Crippen LogP contribution >= 0.6 is 15.9 Å². The average molecular weight is 318 g/mol. The standard InChI is InChI=1S/C13H17BrFNO2/c14-10-6-9(2-3-11(10)15)12(17)13(7-16)4-1-5-18-8-13/h2-3,6,12,17H,1,4-5,7-8,16H2. The van der Waals surface area contributed by atoms with Crippen LogP contribution in [0.3, 0.4) is 0 Å². The summed E-state index contributed by atoms with van der Waals surface area (Å²) < 4.78 is 19.0. The van der Waals surface area contributed by atoms with E-state index in [1.807, 2.05) is 0 Å². The smallest absolute Gasteiger partial charge is 0.137 e. The van der Waals surface area contributed by atoms with Crippen LogP contribution in [0.15, 0.2) is 22.7 Å². The van der Waals surface area contributed by atoms with Crippen LogP contribution in [-0.4, -0.2) is 24.9 Å². The van der Waals surface area contributed by atoms with Gasteiger partial charge >= 0.3 is 0 Å². The zero-order valence-electron chi connectivity index (χ0n) is 10.0. The zero-order valence-corrected chi connectivity index (χ0v) is 11.6. The molecule has 1 aromatic rings. The number of aliphatic hydroxyl groups excluding tert-OH is 1. The predicted octanol–water partition coefficient (Wildman–Crippen LogP) is 2.38. The van der Waals surface area contributed by atoms with E-state index >= 15 is 0 Å². The van der Waals surface area contributed by atoms with Crippen molar-refractivity contribution in [2.75, 3.05) is 19.8 Å². The first-order valence-corrected chi connectivity index (χ1v) is 6.79. The van der Waals surface area contributed by atoms with Crippen molar-refractivity contribution >= 4 is 15.9 Å². The lowest BCUT2D eigenvalue weighted by atomic mass is 9.75. The molecule has 0 radical (unpaired) electrons. The summed E-state index contributed by atoms with van der Waals surface area (Å²) in [4.78, 5) is 0. The van der Waals surface area contributed by atoms with Crippen molar-refractivity contribution in [1.29, 1.82) is 0 Å². The maximum absolute atomic E-state index is 13.2. The molecule has 3 N–H and O–H groups in total. The van der Waals surface area contributed by atoms with Crippen molar-refractivity contribution in [2.45, 2.75) is 18.9 Å². The fourth-order valence-corrected chi connectivity index (χ4v) is 2.79. The monoisotopic (exact) mass is 317 g/mol. The van der Waals surface area contributed by atoms with E-state index in [0.29, 0.717) is 29.8 Å². The van der Waals surface area contributed by atoms with Crippen LogP contribution in [0.5, 0.6) is 0 Å². The average Bonchev–Trinajstić information content (AvgIpc) is 2.42. The number of ether oxygens (including phenoxy) is 1. The Hall–Kier alpha value is -0.490. The lowest BCUT2D eigenvalue weighted by Crippen LogP contribution is -2.43. The van der Waals surface area contributed by atoms with Crippen molar-refractivity contribution in [3.63, 3.8) is 0 Å². The van der Waals surface area contributed by atoms with Gasteiger partial charge in [-0.05, 0) is 46.5 Å². The SMILES string of the molecule is NCC1(C(O)c2ccc(F)c(Br)c2)CCCOC1. The Morgan fingerprint density at radius 3 is 2.89 bits per heavy atom. The van der Waals surface area contributed by atoms with Gasteiger partial charge in [-0.25, -0.2) is 4.39 Å². The lowest BCUT2D eigenvalue weighted by Gasteiger charge is -2.40. The molecule has 0 bridgehead atoms. The summed E-state index contributed by atoms with van der Waals surface area (Å²) in [6.07, 6.45) is 0.968. The van der Waals surface area contributed by atoms with Crippen LogP contribution in [0.2, 0.25) is 0 Å². The molecule has 1 heterocycles. The normalized spacial score (nSPS) is 26.0. The van der Waals surface area contributed by atoms with Crippen LogP contribution < -0.4 is 5.73 Å². The molecule has 0 spiro atoms. The number of halogens is 2. The van der Waals surface area contributed by atoms with Crippen molar-refractivity contribution in [2.24, 2.45) is 11.1 Å². The van der Waals surface area contributed by atoms with Gasteiger partial charge in [-0.15, -0.1) is 0 Å². The molecule has 0 amide bonds. The minimum absolute atomic E-state index is 0.340. The van der Waals surface area contributed by atoms with E-state index < -0.39 is 11.5 Å². The fourth-order valence-electron chi connectivity index (χ4n) is 2.40. The topological polar surface area (TPSA) is 55.5 Å². The maximum atomic E-state index is 13.2. The number of hydrogen-bond acceptors (Lipinski definition) is 3. The van der Waals surface area contributed by atoms with Crippen LogP contribution in [-0.2, 0) is 4.74 Å². The number of nitrogens with two attached hydrogens (primary N) is 1. The molecule has 100 valence electrons. The van der Waals surface area contributed by atoms with Gasteiger partial charge in [-0.2, -0.15) is 0 Å². The summed E-state index contributed by atoms with van der Waals surface area (Å²) in [5, 5.41) is 10.5. The van der Waals surface area contributed by atoms with E-state index in [0.717, 1.165) is 12.8 Å². The molecule has 1 aliphatic heterocycles. The highest BCUT2D eigenvalue weighted by atomic mass is 79.9. The van der Waals surface area contributed by atoms with Crippen molar-refractivity contribution in [3.05, 3.63) is 34.1 Å². The Bertz CT molecular complexity index is 421. The van der Waals surface area contributed by atoms with Gasteiger partial charge in [0.05, 0.1) is 17.2 Å². The molecule has 2 atom stereocenters. The minimum atomic E-state index is -0.736. The van der Waals surface area contributed by atoms with Gasteiger partial charge < -0.3 is 15.6 Å². The molecule has 3 nitrogen and oxygen atoms in total. The van der Waals surface area contributed by atoms with E-state index in [-0.39, 0.29) is 5.82 Å². The molecule has 18 heavy (non-hydrogen) atoms. The maximum Gasteiger partial charge on any atom is 0.137 e. The molecule has 1 aliphatic rings. The Labute approximate surface area is 114 Å². The number of aliphatic hydroxyl groups is 1. The molecule has 1 saturated heterocycles. The lowest BCUT2D eigenvalue weighted by molar-refractivity contribution is -0.0782. The van der Waals surface area contributed by atoms with Crippen molar-refractivity contribution in [1.82, 2.24) is 0 Å². The molecule has 2 rings (SSSR count).